The zero-order valence-electron chi connectivity index (χ0n) is 29.6. The molecule has 50 heavy (non-hydrogen) atoms. The van der Waals surface area contributed by atoms with Crippen LogP contribution < -0.4 is 49.5 Å². The molecule has 0 aromatic heterocycles. The van der Waals surface area contributed by atoms with Crippen LogP contribution in [-0.4, -0.2) is 148 Å². The van der Waals surface area contributed by atoms with Gasteiger partial charge < -0.3 is 59.4 Å². The predicted octanol–water partition coefficient (Wildman–Crippen LogP) is -2.66. The molecule has 0 heterocycles. The highest BCUT2D eigenvalue weighted by atomic mass is 33.1. The summed E-state index contributed by atoms with van der Waals surface area (Å²) in [5.41, 5.74) is 23.0. The van der Waals surface area contributed by atoms with Crippen molar-refractivity contribution in [1.82, 2.24) is 31.5 Å². The van der Waals surface area contributed by atoms with Crippen molar-refractivity contribution < 1.29 is 33.8 Å². The summed E-state index contributed by atoms with van der Waals surface area (Å²) >= 11 is 0. The highest BCUT2D eigenvalue weighted by Gasteiger charge is 2.15. The minimum Gasteiger partial charge on any atom is -0.466 e. The number of unbranched alkanes of at least 4 members (excludes halogenated alkanes) is 2. The Balaban J connectivity index is 4.27. The van der Waals surface area contributed by atoms with E-state index in [1.165, 1.54) is 0 Å². The van der Waals surface area contributed by atoms with Crippen molar-refractivity contribution in [1.29, 1.82) is 0 Å². The third-order valence-electron chi connectivity index (χ3n) is 7.18. The van der Waals surface area contributed by atoms with Crippen LogP contribution in [0.1, 0.15) is 57.8 Å². The quantitative estimate of drug-likeness (QED) is 0.0183. The van der Waals surface area contributed by atoms with Crippen LogP contribution in [0.25, 0.3) is 0 Å². The summed E-state index contributed by atoms with van der Waals surface area (Å²) in [6.45, 7) is 5.29. The maximum Gasteiger partial charge on any atom is 0.306 e. The maximum atomic E-state index is 12.4. The van der Waals surface area contributed by atoms with Gasteiger partial charge in [0.05, 0.1) is 31.7 Å². The van der Waals surface area contributed by atoms with Gasteiger partial charge in [-0.25, -0.2) is 0 Å². The first-order valence-corrected chi connectivity index (χ1v) is 20.1. The van der Waals surface area contributed by atoms with Crippen molar-refractivity contribution in [2.24, 2.45) is 22.9 Å². The van der Waals surface area contributed by atoms with Gasteiger partial charge in [-0.15, -0.1) is 0 Å². The fourth-order valence-electron chi connectivity index (χ4n) is 4.26. The van der Waals surface area contributed by atoms with Crippen LogP contribution in [0.5, 0.6) is 0 Å². The lowest BCUT2D eigenvalue weighted by Gasteiger charge is -2.24. The van der Waals surface area contributed by atoms with Gasteiger partial charge in [-0.1, -0.05) is 34.4 Å². The van der Waals surface area contributed by atoms with Crippen molar-refractivity contribution in [3.8, 4) is 0 Å². The fraction of sp³-hybridized carbons (Fsp3) is 0.839. The average Bonchev–Trinajstić information content (AvgIpc) is 3.10. The average molecular weight is 753 g/mol. The van der Waals surface area contributed by atoms with Crippen LogP contribution in [0.3, 0.4) is 0 Å². The van der Waals surface area contributed by atoms with E-state index in [0.717, 1.165) is 25.7 Å². The first-order valence-electron chi connectivity index (χ1n) is 17.6. The second kappa shape index (κ2) is 33.9. The molecule has 2 atom stereocenters. The largest absolute Gasteiger partial charge is 0.466 e. The fourth-order valence-corrected chi connectivity index (χ4v) is 6.08. The predicted molar refractivity (Wildman–Crippen MR) is 200 cm³/mol. The van der Waals surface area contributed by atoms with E-state index in [1.807, 2.05) is 0 Å². The number of carbonyl (C=O) groups is 5. The molecular weight excluding hydrogens is 689 g/mol. The Bertz CT molecular complexity index is 893. The third-order valence-corrected chi connectivity index (χ3v) is 9.59. The van der Waals surface area contributed by atoms with Crippen LogP contribution in [0, 0.1) is 0 Å². The minimum atomic E-state index is -0.584. The molecule has 0 spiro atoms. The minimum absolute atomic E-state index is 0.00348. The van der Waals surface area contributed by atoms with Crippen molar-refractivity contribution in [2.45, 2.75) is 69.9 Å². The van der Waals surface area contributed by atoms with E-state index in [9.17, 15) is 24.0 Å². The van der Waals surface area contributed by atoms with Gasteiger partial charge in [0.15, 0.2) is 0 Å². The molecule has 0 bridgehead atoms. The summed E-state index contributed by atoms with van der Waals surface area (Å²) in [5.74, 6) is 0.150. The summed E-state index contributed by atoms with van der Waals surface area (Å²) < 4.78 is 4.88. The molecule has 292 valence electrons. The molecule has 0 fully saturated rings. The number of aliphatic hydroxyl groups excluding tert-OH is 1. The van der Waals surface area contributed by atoms with Gasteiger partial charge in [-0.2, -0.15) is 0 Å². The summed E-state index contributed by atoms with van der Waals surface area (Å²) in [6.07, 6.45) is 4.81. The Hall–Kier alpha value is -2.23. The zero-order chi connectivity index (χ0) is 37.2. The summed E-state index contributed by atoms with van der Waals surface area (Å²) in [6, 6.07) is -1.17. The van der Waals surface area contributed by atoms with Gasteiger partial charge in [0, 0.05) is 83.3 Å². The molecule has 0 aromatic rings. The lowest BCUT2D eigenvalue weighted by atomic mass is 10.1. The normalized spacial score (nSPS) is 12.3. The first kappa shape index (κ1) is 47.8. The Morgan fingerprint density at radius 1 is 0.660 bits per heavy atom. The topological polar surface area (TPSA) is 282 Å². The van der Waals surface area contributed by atoms with Gasteiger partial charge in [0.1, 0.15) is 0 Å². The number of ether oxygens (including phenoxy) is 1. The molecule has 0 rings (SSSR count). The van der Waals surface area contributed by atoms with E-state index >= 15 is 0 Å². The summed E-state index contributed by atoms with van der Waals surface area (Å²) in [7, 11) is 3.16. The summed E-state index contributed by atoms with van der Waals surface area (Å²) in [4.78, 5) is 62.4. The van der Waals surface area contributed by atoms with E-state index in [0.29, 0.717) is 96.2 Å². The third kappa shape index (κ3) is 29.5. The number of nitrogens with zero attached hydrogens (tertiary/aromatic N) is 1. The van der Waals surface area contributed by atoms with Crippen molar-refractivity contribution in [2.75, 3.05) is 96.7 Å². The number of aliphatic hydroxyl groups is 1. The molecule has 4 amide bonds. The number of nitrogens with one attached hydrogen (secondary N) is 5. The Kier molecular flexibility index (Phi) is 32.4. The van der Waals surface area contributed by atoms with Gasteiger partial charge in [-0.3, -0.25) is 28.9 Å². The lowest BCUT2D eigenvalue weighted by Crippen LogP contribution is -2.47. The maximum absolute atomic E-state index is 12.4. The Morgan fingerprint density at radius 2 is 1.18 bits per heavy atom. The van der Waals surface area contributed by atoms with Crippen LogP contribution in [-0.2, 0) is 28.7 Å². The number of nitrogens with two attached hydrogens (primary N) is 4. The Labute approximate surface area is 305 Å². The number of hydrogen-bond acceptors (Lipinski definition) is 15. The van der Waals surface area contributed by atoms with Crippen molar-refractivity contribution in [3.05, 3.63) is 0 Å². The van der Waals surface area contributed by atoms with E-state index < -0.39 is 18.1 Å². The van der Waals surface area contributed by atoms with Gasteiger partial charge in [0.2, 0.25) is 23.6 Å². The zero-order valence-corrected chi connectivity index (χ0v) is 31.2. The monoisotopic (exact) mass is 752 g/mol. The van der Waals surface area contributed by atoms with E-state index in [4.69, 9.17) is 32.8 Å². The van der Waals surface area contributed by atoms with Crippen LogP contribution in [0.4, 0.5) is 0 Å². The number of rotatable bonds is 34. The molecule has 0 saturated heterocycles. The number of hydrogen-bond donors (Lipinski definition) is 10. The standard InChI is InChI=1S/C31H64N10O7S2/c32-10-3-1-6-25(34)30(46)39-13-18-41(19-14-40-31(47)26(35)7-2-4-11-33)17-12-36-24-28(44)38-16-23-50-49-22-15-37-27(43)8-9-29(45)48-21-5-20-42/h25-26,36,42H,1-24,32-35H2,(H,37,43)(H,38,44)(H,39,46)(H,40,47). The molecule has 19 heteroatoms. The highest BCUT2D eigenvalue weighted by Crippen LogP contribution is 2.19. The molecule has 17 nitrogen and oxygen atoms in total. The highest BCUT2D eigenvalue weighted by molar-refractivity contribution is 8.76. The lowest BCUT2D eigenvalue weighted by molar-refractivity contribution is -0.145. The van der Waals surface area contributed by atoms with E-state index in [1.54, 1.807) is 21.6 Å². The summed E-state index contributed by atoms with van der Waals surface area (Å²) in [5, 5.41) is 23.2. The van der Waals surface area contributed by atoms with Crippen LogP contribution >= 0.6 is 21.6 Å². The SMILES string of the molecule is NCCCCC(N)C(=O)NCCN(CCNCC(=O)NCCSSCCNC(=O)CCC(=O)OCCCO)CCNC(=O)C(N)CCCCN. The first-order chi connectivity index (χ1) is 24.1. The Morgan fingerprint density at radius 3 is 1.70 bits per heavy atom. The molecule has 0 radical (unpaired) electrons. The van der Waals surface area contributed by atoms with Crippen LogP contribution in [0.15, 0.2) is 0 Å². The smallest absolute Gasteiger partial charge is 0.306 e. The van der Waals surface area contributed by atoms with Gasteiger partial charge >= 0.3 is 5.97 Å². The molecule has 14 N–H and O–H groups in total. The van der Waals surface area contributed by atoms with Gasteiger partial charge in [0.25, 0.3) is 0 Å². The number of carbonyl (C=O) groups excluding carboxylic acids is 5. The molecule has 2 unspecified atom stereocenters. The molecular formula is C31H64N10O7S2. The molecule has 0 aliphatic carbocycles. The molecule has 0 aliphatic rings. The van der Waals surface area contributed by atoms with E-state index in [2.05, 4.69) is 31.5 Å². The molecule has 0 aliphatic heterocycles. The van der Waals surface area contributed by atoms with Crippen molar-refractivity contribution >= 4 is 51.2 Å². The number of esters is 1. The molecule has 0 aromatic carbocycles. The number of amides is 4. The molecule has 0 saturated carbocycles. The van der Waals surface area contributed by atoms with Crippen molar-refractivity contribution in [3.63, 3.8) is 0 Å². The second-order valence-corrected chi connectivity index (χ2v) is 14.2. The second-order valence-electron chi connectivity index (χ2n) is 11.5. The van der Waals surface area contributed by atoms with Gasteiger partial charge in [-0.05, 0) is 38.8 Å². The van der Waals surface area contributed by atoms with E-state index in [-0.39, 0.29) is 56.2 Å². The van der Waals surface area contributed by atoms with Crippen LogP contribution in [0.2, 0.25) is 0 Å².